The molecule has 0 unspecified atom stereocenters. The van der Waals surface area contributed by atoms with Gasteiger partial charge in [0.05, 0.1) is 23.0 Å². The summed E-state index contributed by atoms with van der Waals surface area (Å²) in [4.78, 5) is 0. The summed E-state index contributed by atoms with van der Waals surface area (Å²) in [6.07, 6.45) is 0. The van der Waals surface area contributed by atoms with Gasteiger partial charge in [-0.2, -0.15) is 0 Å². The third-order valence-corrected chi connectivity index (χ3v) is 2.01. The molecule has 0 aliphatic carbocycles. The second kappa shape index (κ2) is 2.68. The van der Waals surface area contributed by atoms with Crippen LogP contribution in [0.15, 0.2) is 18.2 Å². The average molecular weight is 183 g/mol. The van der Waals surface area contributed by atoms with Crippen LogP contribution in [0.2, 0.25) is 5.02 Å². The number of methoxy groups -OCH3 is 1. The molecular formula is C8H7ClN2O. The van der Waals surface area contributed by atoms with Crippen LogP contribution in [0.1, 0.15) is 0 Å². The van der Waals surface area contributed by atoms with E-state index in [0.29, 0.717) is 10.9 Å². The quantitative estimate of drug-likeness (QED) is 0.735. The van der Waals surface area contributed by atoms with Crippen molar-refractivity contribution in [2.75, 3.05) is 7.11 Å². The summed E-state index contributed by atoms with van der Waals surface area (Å²) < 4.78 is 5.02. The summed E-state index contributed by atoms with van der Waals surface area (Å²) in [5.41, 5.74) is 0.888. The van der Waals surface area contributed by atoms with Crippen LogP contribution in [0.3, 0.4) is 0 Å². The highest BCUT2D eigenvalue weighted by Crippen LogP contribution is 2.29. The SMILES string of the molecule is COc1n[nH]c2cccc(Cl)c12. The lowest BCUT2D eigenvalue weighted by Gasteiger charge is -1.95. The van der Waals surface area contributed by atoms with Crippen LogP contribution >= 0.6 is 11.6 Å². The second-order valence-corrected chi connectivity index (χ2v) is 2.80. The number of aromatic nitrogens is 2. The Morgan fingerprint density at radius 2 is 2.33 bits per heavy atom. The minimum atomic E-state index is 0.538. The molecule has 0 spiro atoms. The van der Waals surface area contributed by atoms with Gasteiger partial charge in [-0.05, 0) is 12.1 Å². The Morgan fingerprint density at radius 1 is 1.50 bits per heavy atom. The van der Waals surface area contributed by atoms with E-state index in [2.05, 4.69) is 10.2 Å². The Morgan fingerprint density at radius 3 is 3.08 bits per heavy atom. The standard InChI is InChI=1S/C8H7ClN2O/c1-12-8-7-5(9)3-2-4-6(7)10-11-8/h2-4H,1H3,(H,10,11). The van der Waals surface area contributed by atoms with E-state index < -0.39 is 0 Å². The van der Waals surface area contributed by atoms with Gasteiger partial charge in [-0.15, -0.1) is 5.10 Å². The number of ether oxygens (including phenoxy) is 1. The molecule has 0 aliphatic heterocycles. The lowest BCUT2D eigenvalue weighted by Crippen LogP contribution is -1.82. The van der Waals surface area contributed by atoms with Gasteiger partial charge in [0.1, 0.15) is 0 Å². The van der Waals surface area contributed by atoms with Crippen molar-refractivity contribution in [2.45, 2.75) is 0 Å². The second-order valence-electron chi connectivity index (χ2n) is 2.40. The first-order valence-corrected chi connectivity index (χ1v) is 3.87. The Kier molecular flexibility index (Phi) is 1.66. The van der Waals surface area contributed by atoms with Crippen molar-refractivity contribution in [3.05, 3.63) is 23.2 Å². The summed E-state index contributed by atoms with van der Waals surface area (Å²) in [5.74, 6) is 0.538. The summed E-state index contributed by atoms with van der Waals surface area (Å²) >= 11 is 5.94. The van der Waals surface area contributed by atoms with Crippen molar-refractivity contribution < 1.29 is 4.74 Å². The van der Waals surface area contributed by atoms with E-state index in [1.54, 1.807) is 7.11 Å². The number of hydrogen-bond donors (Lipinski definition) is 1. The van der Waals surface area contributed by atoms with Gasteiger partial charge in [0.2, 0.25) is 5.88 Å². The maximum absolute atomic E-state index is 5.94. The maximum atomic E-state index is 5.94. The molecule has 0 radical (unpaired) electrons. The van der Waals surface area contributed by atoms with E-state index in [9.17, 15) is 0 Å². The fraction of sp³-hybridized carbons (Fsp3) is 0.125. The van der Waals surface area contributed by atoms with Crippen LogP contribution in [0.5, 0.6) is 5.88 Å². The molecule has 1 heterocycles. The highest BCUT2D eigenvalue weighted by Gasteiger charge is 2.07. The summed E-state index contributed by atoms with van der Waals surface area (Å²) in [6.45, 7) is 0. The summed E-state index contributed by atoms with van der Waals surface area (Å²) in [6, 6.07) is 5.57. The predicted octanol–water partition coefficient (Wildman–Crippen LogP) is 2.22. The third kappa shape index (κ3) is 0.940. The van der Waals surface area contributed by atoms with E-state index in [4.69, 9.17) is 16.3 Å². The number of benzene rings is 1. The molecule has 1 aromatic heterocycles. The van der Waals surface area contributed by atoms with Crippen LogP contribution in [-0.4, -0.2) is 17.3 Å². The monoisotopic (exact) mass is 182 g/mol. The largest absolute Gasteiger partial charge is 0.479 e. The fourth-order valence-corrected chi connectivity index (χ4v) is 1.40. The Hall–Kier alpha value is -1.22. The lowest BCUT2D eigenvalue weighted by atomic mass is 10.2. The van der Waals surface area contributed by atoms with E-state index in [-0.39, 0.29) is 0 Å². The Bertz CT molecular complexity index is 410. The molecule has 0 aliphatic rings. The van der Waals surface area contributed by atoms with Gasteiger partial charge in [0.25, 0.3) is 0 Å². The van der Waals surface area contributed by atoms with Crippen LogP contribution in [-0.2, 0) is 0 Å². The van der Waals surface area contributed by atoms with Crippen molar-refractivity contribution in [3.8, 4) is 5.88 Å². The minimum Gasteiger partial charge on any atom is -0.479 e. The van der Waals surface area contributed by atoms with E-state index in [0.717, 1.165) is 10.9 Å². The van der Waals surface area contributed by atoms with Gasteiger partial charge in [-0.25, -0.2) is 0 Å². The smallest absolute Gasteiger partial charge is 0.241 e. The molecule has 1 N–H and O–H groups in total. The van der Waals surface area contributed by atoms with Gasteiger partial charge in [0, 0.05) is 0 Å². The van der Waals surface area contributed by atoms with Crippen LogP contribution < -0.4 is 4.74 Å². The first kappa shape index (κ1) is 7.43. The van der Waals surface area contributed by atoms with E-state index in [1.807, 2.05) is 18.2 Å². The van der Waals surface area contributed by atoms with Crippen molar-refractivity contribution in [3.63, 3.8) is 0 Å². The predicted molar refractivity (Wildman–Crippen MR) is 47.7 cm³/mol. The topological polar surface area (TPSA) is 37.9 Å². The normalized spacial score (nSPS) is 10.5. The fourth-order valence-electron chi connectivity index (χ4n) is 1.15. The zero-order valence-corrected chi connectivity index (χ0v) is 7.22. The Labute approximate surface area is 74.3 Å². The van der Waals surface area contributed by atoms with Crippen LogP contribution in [0, 0.1) is 0 Å². The molecular weight excluding hydrogens is 176 g/mol. The molecule has 3 nitrogen and oxygen atoms in total. The minimum absolute atomic E-state index is 0.538. The molecule has 0 saturated carbocycles. The first-order chi connectivity index (χ1) is 5.83. The molecule has 1 aromatic carbocycles. The Balaban J connectivity index is 2.83. The van der Waals surface area contributed by atoms with Gasteiger partial charge in [0.15, 0.2) is 0 Å². The maximum Gasteiger partial charge on any atom is 0.241 e. The highest BCUT2D eigenvalue weighted by atomic mass is 35.5. The van der Waals surface area contributed by atoms with Crippen LogP contribution in [0.25, 0.3) is 10.9 Å². The number of hydrogen-bond acceptors (Lipinski definition) is 2. The summed E-state index contributed by atoms with van der Waals surface area (Å²) in [5, 5.41) is 8.25. The van der Waals surface area contributed by atoms with Crippen molar-refractivity contribution in [1.29, 1.82) is 0 Å². The van der Waals surface area contributed by atoms with Gasteiger partial charge in [-0.3, -0.25) is 5.10 Å². The van der Waals surface area contributed by atoms with Gasteiger partial charge < -0.3 is 4.74 Å². The van der Waals surface area contributed by atoms with Crippen molar-refractivity contribution in [2.24, 2.45) is 0 Å². The van der Waals surface area contributed by atoms with Gasteiger partial charge in [-0.1, -0.05) is 17.7 Å². The van der Waals surface area contributed by atoms with E-state index >= 15 is 0 Å². The van der Waals surface area contributed by atoms with Gasteiger partial charge >= 0.3 is 0 Å². The molecule has 4 heteroatoms. The van der Waals surface area contributed by atoms with Crippen molar-refractivity contribution >= 4 is 22.5 Å². The first-order valence-electron chi connectivity index (χ1n) is 3.49. The van der Waals surface area contributed by atoms with E-state index in [1.165, 1.54) is 0 Å². The highest BCUT2D eigenvalue weighted by molar-refractivity contribution is 6.35. The number of H-pyrrole nitrogens is 1. The molecule has 62 valence electrons. The molecule has 0 atom stereocenters. The number of aromatic amines is 1. The third-order valence-electron chi connectivity index (χ3n) is 1.70. The lowest BCUT2D eigenvalue weighted by molar-refractivity contribution is 0.401. The molecule has 0 bridgehead atoms. The number of nitrogens with one attached hydrogen (secondary N) is 1. The molecule has 0 amide bonds. The molecule has 0 saturated heterocycles. The number of fused-ring (bicyclic) bond motifs is 1. The van der Waals surface area contributed by atoms with Crippen molar-refractivity contribution in [1.82, 2.24) is 10.2 Å². The number of halogens is 1. The zero-order chi connectivity index (χ0) is 8.55. The molecule has 2 rings (SSSR count). The summed E-state index contributed by atoms with van der Waals surface area (Å²) in [7, 11) is 1.57. The molecule has 12 heavy (non-hydrogen) atoms. The number of nitrogens with zero attached hydrogens (tertiary/aromatic N) is 1. The average Bonchev–Trinajstić information content (AvgIpc) is 2.49. The molecule has 2 aromatic rings. The molecule has 0 fully saturated rings. The van der Waals surface area contributed by atoms with Crippen LogP contribution in [0.4, 0.5) is 0 Å². The number of rotatable bonds is 1. The zero-order valence-electron chi connectivity index (χ0n) is 6.47.